The van der Waals surface area contributed by atoms with E-state index in [1.54, 1.807) is 24.0 Å². The number of fused-ring (bicyclic) bond motifs is 2. The van der Waals surface area contributed by atoms with Crippen molar-refractivity contribution in [2.45, 2.75) is 26.4 Å². The molecule has 4 N–H and O–H groups in total. The van der Waals surface area contributed by atoms with Crippen molar-refractivity contribution in [2.24, 2.45) is 0 Å². The van der Waals surface area contributed by atoms with E-state index in [2.05, 4.69) is 0 Å². The second-order valence-corrected chi connectivity index (χ2v) is 16.5. The van der Waals surface area contributed by atoms with E-state index in [1.165, 1.54) is 6.08 Å². The molecule has 1 aromatic carbocycles. The highest BCUT2D eigenvalue weighted by atomic mass is 32.2. The Kier molecular flexibility index (Phi) is 10.3. The fourth-order valence-corrected chi connectivity index (χ4v) is 9.74. The minimum Gasteiger partial charge on any atom is -0.480 e. The highest BCUT2D eigenvalue weighted by Crippen LogP contribution is 2.48. The minimum atomic E-state index is -4.30. The van der Waals surface area contributed by atoms with Gasteiger partial charge in [0, 0.05) is 24.3 Å². The monoisotopic (exact) mass is 828 g/mol. The number of thiazole rings is 2. The van der Waals surface area contributed by atoms with Gasteiger partial charge >= 0.3 is 17.9 Å². The number of rotatable bonds is 11. The van der Waals surface area contributed by atoms with Crippen LogP contribution < -0.4 is 39.4 Å². The lowest BCUT2D eigenvalue weighted by Crippen LogP contribution is -2.35. The number of hydrogen-bond donors (Lipinski definition) is 4. The van der Waals surface area contributed by atoms with Gasteiger partial charge in [-0.3, -0.25) is 47.4 Å². The average molecular weight is 829 g/mol. The lowest BCUT2D eigenvalue weighted by atomic mass is 10.2. The molecule has 19 nitrogen and oxygen atoms in total. The SMILES string of the molecule is CC(/C=c1\s/c(=c2/s/c(=C3/SC(=S)N(CC(=O)O)C3=O)n(CC(=O)O)c2=O)n(CC(=O)O)c1=O)=C1\Oc2cc3c(cc2N1CCCS(=O)(=O)O)OCO3. The number of nitrogens with zero attached hydrogens (tertiary/aromatic N) is 4. The Labute approximate surface area is 312 Å². The Morgan fingerprint density at radius 1 is 0.887 bits per heavy atom. The number of ether oxygens (including phenoxy) is 3. The van der Waals surface area contributed by atoms with Gasteiger partial charge in [0.1, 0.15) is 42.7 Å². The Bertz CT molecular complexity index is 2640. The summed E-state index contributed by atoms with van der Waals surface area (Å²) in [7, 11) is -4.30. The number of allylic oxidation sites excluding steroid dienone is 1. The Morgan fingerprint density at radius 2 is 1.51 bits per heavy atom. The van der Waals surface area contributed by atoms with E-state index in [4.69, 9.17) is 26.4 Å². The summed E-state index contributed by atoms with van der Waals surface area (Å²) in [6, 6.07) is 3.18. The zero-order valence-corrected chi connectivity index (χ0v) is 30.9. The number of thioether (sulfide) groups is 1. The molecule has 0 atom stereocenters. The fourth-order valence-electron chi connectivity index (χ4n) is 5.41. The van der Waals surface area contributed by atoms with Crippen LogP contribution in [0, 0.1) is 9.20 Å². The molecule has 0 saturated carbocycles. The predicted octanol–water partition coefficient (Wildman–Crippen LogP) is -0.440. The van der Waals surface area contributed by atoms with Crippen molar-refractivity contribution in [2.75, 3.05) is 30.5 Å². The van der Waals surface area contributed by atoms with Gasteiger partial charge in [0.25, 0.3) is 27.1 Å². The van der Waals surface area contributed by atoms with E-state index < -0.39 is 70.4 Å². The van der Waals surface area contributed by atoms with Crippen LogP contribution >= 0.6 is 46.7 Å². The summed E-state index contributed by atoms with van der Waals surface area (Å²) >= 11 is 7.12. The maximum atomic E-state index is 13.8. The van der Waals surface area contributed by atoms with Crippen molar-refractivity contribution in [1.29, 1.82) is 0 Å². The van der Waals surface area contributed by atoms with Gasteiger partial charge < -0.3 is 34.4 Å². The molecule has 1 saturated heterocycles. The molecule has 5 heterocycles. The van der Waals surface area contributed by atoms with Gasteiger partial charge in [-0.1, -0.05) is 24.0 Å². The second kappa shape index (κ2) is 14.4. The van der Waals surface area contributed by atoms with Gasteiger partial charge in [-0.15, -0.1) is 22.7 Å². The molecule has 24 heteroatoms. The van der Waals surface area contributed by atoms with Crippen molar-refractivity contribution < 1.29 is 61.7 Å². The number of thiocarbonyl (C=S) groups is 1. The number of carboxylic acid groups (broad SMARTS) is 3. The molecule has 0 unspecified atom stereocenters. The molecule has 0 spiro atoms. The van der Waals surface area contributed by atoms with Crippen molar-refractivity contribution in [3.8, 4) is 17.2 Å². The minimum absolute atomic E-state index is 0.0237. The number of carbonyl (C=O) groups excluding carboxylic acids is 1. The van der Waals surface area contributed by atoms with E-state index in [0.29, 0.717) is 62.9 Å². The van der Waals surface area contributed by atoms with Gasteiger partial charge in [-0.05, 0) is 19.4 Å². The normalized spacial score (nSPS) is 18.1. The van der Waals surface area contributed by atoms with E-state index in [-0.39, 0.29) is 53.3 Å². The van der Waals surface area contributed by atoms with Crippen LogP contribution in [0.2, 0.25) is 0 Å². The Balaban J connectivity index is 1.57. The van der Waals surface area contributed by atoms with Gasteiger partial charge in [-0.2, -0.15) is 8.42 Å². The molecule has 3 aliphatic rings. The van der Waals surface area contributed by atoms with Gasteiger partial charge in [0.05, 0.1) is 16.0 Å². The summed E-state index contributed by atoms with van der Waals surface area (Å²) in [6.45, 7) is -1.07. The molecule has 53 heavy (non-hydrogen) atoms. The third-order valence-electron chi connectivity index (χ3n) is 7.57. The Hall–Kier alpha value is -5.01. The summed E-state index contributed by atoms with van der Waals surface area (Å²) in [4.78, 5) is 78.0. The summed E-state index contributed by atoms with van der Waals surface area (Å²) in [5, 5.41) is 28.5. The maximum Gasteiger partial charge on any atom is 0.323 e. The zero-order valence-electron chi connectivity index (χ0n) is 26.8. The van der Waals surface area contributed by atoms with E-state index in [9.17, 15) is 57.1 Å². The molecule has 0 aliphatic carbocycles. The lowest BCUT2D eigenvalue weighted by Gasteiger charge is -2.19. The first-order chi connectivity index (χ1) is 24.9. The van der Waals surface area contributed by atoms with Crippen molar-refractivity contribution in [3.05, 3.63) is 62.7 Å². The summed E-state index contributed by atoms with van der Waals surface area (Å²) in [6.07, 6.45) is 1.33. The van der Waals surface area contributed by atoms with Gasteiger partial charge in [0.15, 0.2) is 17.2 Å². The Morgan fingerprint density at radius 3 is 2.13 bits per heavy atom. The highest BCUT2D eigenvalue weighted by Gasteiger charge is 2.36. The molecule has 1 amide bonds. The van der Waals surface area contributed by atoms with Crippen molar-refractivity contribution >= 4 is 102 Å². The summed E-state index contributed by atoms with van der Waals surface area (Å²) < 4.78 is 49.9. The lowest BCUT2D eigenvalue weighted by molar-refractivity contribution is -0.140. The number of carboxylic acids is 3. The first kappa shape index (κ1) is 37.7. The number of aliphatic carboxylic acids is 3. The highest BCUT2D eigenvalue weighted by molar-refractivity contribution is 8.30. The van der Waals surface area contributed by atoms with Crippen LogP contribution in [0.1, 0.15) is 13.3 Å². The number of hydrogen-bond acceptors (Lipinski definition) is 16. The number of anilines is 1. The van der Waals surface area contributed by atoms with Crippen molar-refractivity contribution in [3.63, 3.8) is 0 Å². The molecule has 3 aliphatic heterocycles. The van der Waals surface area contributed by atoms with Crippen LogP contribution in [0.5, 0.6) is 17.2 Å². The first-order valence-corrected chi connectivity index (χ1v) is 19.3. The molecule has 0 radical (unpaired) electrons. The number of aromatic nitrogens is 2. The molecule has 3 aromatic rings. The van der Waals surface area contributed by atoms with E-state index in [0.717, 1.165) is 14.0 Å². The molecule has 0 bridgehead atoms. The standard InChI is InChI=1S/C29H24N4O15S5/c1-12(26-30(3-2-4-53(43,44)45)13-6-15-16(47-11-46-15)7-14(13)48-26)5-17-23(40)31(8-18(34)35)27(50-17)21-24(41)32(9-19(36)37)28(51-21)22-25(42)33(10-20(38)39)29(49)52-22/h5-7H,2-4,8-11H2,1H3,(H,34,35)(H,36,37)(H,38,39)(H,43,44,45)/b17-5-,26-12+,27-21+,28-22+. The molecular weight excluding hydrogens is 805 g/mol. The maximum absolute atomic E-state index is 13.8. The first-order valence-electron chi connectivity index (χ1n) is 14.9. The molecule has 2 aromatic heterocycles. The van der Waals surface area contributed by atoms with Gasteiger partial charge in [0.2, 0.25) is 12.7 Å². The smallest absolute Gasteiger partial charge is 0.323 e. The van der Waals surface area contributed by atoms with Crippen LogP contribution in [-0.4, -0.2) is 96.1 Å². The quantitative estimate of drug-likeness (QED) is 0.141. The predicted molar refractivity (Wildman–Crippen MR) is 191 cm³/mol. The number of carbonyl (C=O) groups is 4. The fraction of sp³-hybridized carbons (Fsp3) is 0.276. The van der Waals surface area contributed by atoms with E-state index >= 15 is 0 Å². The van der Waals surface area contributed by atoms with Crippen LogP contribution in [0.15, 0.2) is 33.2 Å². The third kappa shape index (κ3) is 7.58. The summed E-state index contributed by atoms with van der Waals surface area (Å²) in [5.74, 6) is -4.50. The topological polar surface area (TPSA) is 262 Å². The zero-order chi connectivity index (χ0) is 38.5. The third-order valence-corrected chi connectivity index (χ3v) is 12.4. The van der Waals surface area contributed by atoms with E-state index in [1.807, 2.05) is 0 Å². The van der Waals surface area contributed by atoms with Crippen LogP contribution in [0.4, 0.5) is 5.69 Å². The second-order valence-electron chi connectivity index (χ2n) is 11.3. The van der Waals surface area contributed by atoms with Crippen LogP contribution in [0.3, 0.4) is 0 Å². The molecule has 6 rings (SSSR count). The average Bonchev–Trinajstić information content (AvgIpc) is 3.86. The molecule has 1 fully saturated rings. The number of benzene rings is 1. The number of amides is 1. The van der Waals surface area contributed by atoms with Crippen LogP contribution in [-0.2, 0) is 42.4 Å². The van der Waals surface area contributed by atoms with Crippen LogP contribution in [0.25, 0.3) is 11.0 Å². The summed E-state index contributed by atoms with van der Waals surface area (Å²) in [5.41, 5.74) is -1.04. The molecular formula is C29H24N4O15S5. The van der Waals surface area contributed by atoms with Gasteiger partial charge in [-0.25, -0.2) is 0 Å². The molecule has 280 valence electrons. The van der Waals surface area contributed by atoms with Crippen molar-refractivity contribution in [1.82, 2.24) is 14.0 Å². The largest absolute Gasteiger partial charge is 0.480 e.